The third kappa shape index (κ3) is 1.83. The number of hydrogen-bond acceptors (Lipinski definition) is 3. The summed E-state index contributed by atoms with van der Waals surface area (Å²) in [5.41, 5.74) is 3.53. The van der Waals surface area contributed by atoms with Gasteiger partial charge in [-0.15, -0.1) is 0 Å². The van der Waals surface area contributed by atoms with Crippen LogP contribution in [0.1, 0.15) is 0 Å². The Bertz CT molecular complexity index is 1020. The highest BCUT2D eigenvalue weighted by atomic mass is 16.6. The first-order valence-corrected chi connectivity index (χ1v) is 6.85. The van der Waals surface area contributed by atoms with Crippen molar-refractivity contribution in [3.05, 3.63) is 70.9 Å². The minimum absolute atomic E-state index is 0.0791. The number of nitro benzene ring substituents is 1. The van der Waals surface area contributed by atoms with Crippen molar-refractivity contribution in [2.24, 2.45) is 0 Å². The summed E-state index contributed by atoms with van der Waals surface area (Å²) < 4.78 is 0. The normalized spacial score (nSPS) is 11.1. The predicted molar refractivity (Wildman–Crippen MR) is 85.7 cm³/mol. The second-order valence-corrected chi connectivity index (χ2v) is 5.05. The second kappa shape index (κ2) is 4.66. The lowest BCUT2D eigenvalue weighted by Crippen LogP contribution is -1.91. The van der Waals surface area contributed by atoms with Crippen LogP contribution in [-0.2, 0) is 0 Å². The van der Waals surface area contributed by atoms with E-state index in [0.717, 1.165) is 22.2 Å². The average Bonchev–Trinajstić information content (AvgIpc) is 2.97. The van der Waals surface area contributed by atoms with Crippen molar-refractivity contribution in [1.29, 1.82) is 0 Å². The molecule has 2 heterocycles. The van der Waals surface area contributed by atoms with Gasteiger partial charge in [-0.2, -0.15) is 0 Å². The van der Waals surface area contributed by atoms with E-state index < -0.39 is 0 Å². The number of nitrogens with zero attached hydrogens (tertiary/aromatic N) is 2. The highest BCUT2D eigenvalue weighted by Gasteiger charge is 2.13. The third-order valence-corrected chi connectivity index (χ3v) is 3.77. The largest absolute Gasteiger partial charge is 0.360 e. The number of fused-ring (bicyclic) bond motifs is 2. The van der Waals surface area contributed by atoms with E-state index in [4.69, 9.17) is 0 Å². The van der Waals surface area contributed by atoms with Crippen molar-refractivity contribution in [1.82, 2.24) is 9.97 Å². The SMILES string of the molecule is O=[N+]([O-])c1cccc2nc(-c3c[nH]c4ccccc34)ccc12. The summed E-state index contributed by atoms with van der Waals surface area (Å²) in [7, 11) is 0. The van der Waals surface area contributed by atoms with Crippen LogP contribution in [0.15, 0.2) is 60.8 Å². The number of aromatic nitrogens is 2. The molecule has 0 spiro atoms. The predicted octanol–water partition coefficient (Wildman–Crippen LogP) is 4.29. The molecule has 0 saturated heterocycles. The molecular formula is C17H11N3O2. The molecule has 0 atom stereocenters. The van der Waals surface area contributed by atoms with Crippen LogP contribution in [0.2, 0.25) is 0 Å². The fourth-order valence-corrected chi connectivity index (χ4v) is 2.73. The van der Waals surface area contributed by atoms with Crippen molar-refractivity contribution < 1.29 is 4.92 Å². The molecule has 5 nitrogen and oxygen atoms in total. The van der Waals surface area contributed by atoms with Gasteiger partial charge >= 0.3 is 0 Å². The van der Waals surface area contributed by atoms with Crippen molar-refractivity contribution >= 4 is 27.5 Å². The number of rotatable bonds is 2. The molecule has 0 radical (unpaired) electrons. The van der Waals surface area contributed by atoms with Gasteiger partial charge in [-0.05, 0) is 24.3 Å². The number of non-ortho nitro benzene ring substituents is 1. The molecule has 0 bridgehead atoms. The van der Waals surface area contributed by atoms with Gasteiger partial charge in [0, 0.05) is 28.7 Å². The fraction of sp³-hybridized carbons (Fsp3) is 0. The van der Waals surface area contributed by atoms with Crippen molar-refractivity contribution in [3.8, 4) is 11.3 Å². The van der Waals surface area contributed by atoms with E-state index in [-0.39, 0.29) is 10.6 Å². The third-order valence-electron chi connectivity index (χ3n) is 3.77. The first-order chi connectivity index (χ1) is 10.7. The van der Waals surface area contributed by atoms with Crippen LogP contribution in [0.25, 0.3) is 33.1 Å². The zero-order chi connectivity index (χ0) is 15.1. The summed E-state index contributed by atoms with van der Waals surface area (Å²) in [5.74, 6) is 0. The van der Waals surface area contributed by atoms with E-state index in [1.165, 1.54) is 6.07 Å². The molecule has 2 aromatic carbocycles. The minimum atomic E-state index is -0.380. The molecule has 0 amide bonds. The molecule has 0 aliphatic rings. The molecular weight excluding hydrogens is 278 g/mol. The summed E-state index contributed by atoms with van der Waals surface area (Å²) in [6.07, 6.45) is 1.91. The Labute approximate surface area is 125 Å². The summed E-state index contributed by atoms with van der Waals surface area (Å²) in [6, 6.07) is 16.5. The molecule has 0 aliphatic carbocycles. The molecule has 0 saturated carbocycles. The van der Waals surface area contributed by atoms with E-state index in [1.54, 1.807) is 18.2 Å². The lowest BCUT2D eigenvalue weighted by molar-refractivity contribution is -0.383. The lowest BCUT2D eigenvalue weighted by atomic mass is 10.1. The van der Waals surface area contributed by atoms with Gasteiger partial charge in [0.2, 0.25) is 0 Å². The summed E-state index contributed by atoms with van der Waals surface area (Å²) in [5, 5.41) is 12.7. The van der Waals surface area contributed by atoms with Crippen LogP contribution in [0.3, 0.4) is 0 Å². The number of pyridine rings is 1. The van der Waals surface area contributed by atoms with Crippen LogP contribution < -0.4 is 0 Å². The van der Waals surface area contributed by atoms with E-state index in [2.05, 4.69) is 9.97 Å². The highest BCUT2D eigenvalue weighted by Crippen LogP contribution is 2.30. The van der Waals surface area contributed by atoms with E-state index in [9.17, 15) is 10.1 Å². The molecule has 0 unspecified atom stereocenters. The zero-order valence-electron chi connectivity index (χ0n) is 11.5. The lowest BCUT2D eigenvalue weighted by Gasteiger charge is -2.03. The van der Waals surface area contributed by atoms with Crippen LogP contribution >= 0.6 is 0 Å². The average molecular weight is 289 g/mol. The topological polar surface area (TPSA) is 71.8 Å². The van der Waals surface area contributed by atoms with E-state index >= 15 is 0 Å². The van der Waals surface area contributed by atoms with Crippen molar-refractivity contribution in [3.63, 3.8) is 0 Å². The van der Waals surface area contributed by atoms with Gasteiger partial charge in [-0.3, -0.25) is 10.1 Å². The molecule has 4 rings (SSSR count). The number of para-hydroxylation sites is 1. The van der Waals surface area contributed by atoms with Gasteiger partial charge in [-0.1, -0.05) is 24.3 Å². The van der Waals surface area contributed by atoms with Crippen LogP contribution in [-0.4, -0.2) is 14.9 Å². The molecule has 0 aliphatic heterocycles. The standard InChI is InChI=1S/C17H11N3O2/c21-20(22)17-7-3-6-15-12(17)8-9-16(19-15)13-10-18-14-5-2-1-4-11(13)14/h1-10,18H. The second-order valence-electron chi connectivity index (χ2n) is 5.05. The highest BCUT2D eigenvalue weighted by molar-refractivity contribution is 5.96. The number of H-pyrrole nitrogens is 1. The minimum Gasteiger partial charge on any atom is -0.360 e. The molecule has 106 valence electrons. The summed E-state index contributed by atoms with van der Waals surface area (Å²) >= 11 is 0. The van der Waals surface area contributed by atoms with Gasteiger partial charge in [0.25, 0.3) is 5.69 Å². The Morgan fingerprint density at radius 2 is 1.82 bits per heavy atom. The first kappa shape index (κ1) is 12.5. The quantitative estimate of drug-likeness (QED) is 0.442. The molecule has 22 heavy (non-hydrogen) atoms. The van der Waals surface area contributed by atoms with Crippen molar-refractivity contribution in [2.75, 3.05) is 0 Å². The maximum atomic E-state index is 11.1. The van der Waals surface area contributed by atoms with Crippen LogP contribution in [0.5, 0.6) is 0 Å². The van der Waals surface area contributed by atoms with Crippen LogP contribution in [0, 0.1) is 10.1 Å². The number of aromatic amines is 1. The zero-order valence-corrected chi connectivity index (χ0v) is 11.5. The van der Waals surface area contributed by atoms with Gasteiger partial charge in [0.1, 0.15) is 0 Å². The van der Waals surface area contributed by atoms with Gasteiger partial charge in [0.15, 0.2) is 0 Å². The molecule has 0 fully saturated rings. The maximum absolute atomic E-state index is 11.1. The Morgan fingerprint density at radius 3 is 2.68 bits per heavy atom. The fourth-order valence-electron chi connectivity index (χ4n) is 2.73. The Hall–Kier alpha value is -3.21. The van der Waals surface area contributed by atoms with Gasteiger partial charge < -0.3 is 4.98 Å². The smallest absolute Gasteiger partial charge is 0.278 e. The number of nitro groups is 1. The van der Waals surface area contributed by atoms with E-state index in [0.29, 0.717) is 10.9 Å². The van der Waals surface area contributed by atoms with Crippen LogP contribution in [0.4, 0.5) is 5.69 Å². The summed E-state index contributed by atoms with van der Waals surface area (Å²) in [6.45, 7) is 0. The monoisotopic (exact) mass is 289 g/mol. The molecule has 2 aromatic heterocycles. The molecule has 5 heteroatoms. The summed E-state index contributed by atoms with van der Waals surface area (Å²) in [4.78, 5) is 18.5. The Balaban J connectivity index is 1.95. The number of benzene rings is 2. The molecule has 1 N–H and O–H groups in total. The maximum Gasteiger partial charge on any atom is 0.278 e. The van der Waals surface area contributed by atoms with Crippen molar-refractivity contribution in [2.45, 2.75) is 0 Å². The van der Waals surface area contributed by atoms with Gasteiger partial charge in [0.05, 0.1) is 21.5 Å². The first-order valence-electron chi connectivity index (χ1n) is 6.85. The van der Waals surface area contributed by atoms with Gasteiger partial charge in [-0.25, -0.2) is 4.98 Å². The molecule has 4 aromatic rings. The Morgan fingerprint density at radius 1 is 0.955 bits per heavy atom. The number of hydrogen-bond donors (Lipinski definition) is 1. The Kier molecular flexibility index (Phi) is 2.66. The number of nitrogens with one attached hydrogen (secondary N) is 1. The van der Waals surface area contributed by atoms with E-state index in [1.807, 2.05) is 36.5 Å².